The van der Waals surface area contributed by atoms with Crippen LogP contribution in [-0.2, 0) is 0 Å². The minimum Gasteiger partial charge on any atom is -0.394 e. The third-order valence-electron chi connectivity index (χ3n) is 3.69. The molecule has 2 N–H and O–H groups in total. The van der Waals surface area contributed by atoms with Crippen molar-refractivity contribution in [1.29, 1.82) is 0 Å². The molecule has 1 heterocycles. The number of carbonyl (C=O) groups is 1. The number of hydrogen-bond acceptors (Lipinski definition) is 3. The van der Waals surface area contributed by atoms with Crippen LogP contribution in [0.2, 0.25) is 0 Å². The summed E-state index contributed by atoms with van der Waals surface area (Å²) in [5.74, 6) is 0.0569. The minimum absolute atomic E-state index is 0.0185. The van der Waals surface area contributed by atoms with E-state index in [1.807, 2.05) is 50.1 Å². The van der Waals surface area contributed by atoms with E-state index in [1.165, 1.54) is 0 Å². The third kappa shape index (κ3) is 2.69. The molecular formula is C15H20N2O2. The molecular weight excluding hydrogens is 240 g/mol. The summed E-state index contributed by atoms with van der Waals surface area (Å²) in [6, 6.07) is 7.76. The number of aliphatic hydroxyl groups is 1. The molecule has 2 aromatic rings. The van der Waals surface area contributed by atoms with Crippen LogP contribution in [0, 0.1) is 0 Å². The van der Waals surface area contributed by atoms with Gasteiger partial charge in [-0.3, -0.25) is 9.69 Å². The maximum Gasteiger partial charge on any atom is 0.178 e. The van der Waals surface area contributed by atoms with Crippen molar-refractivity contribution in [2.24, 2.45) is 0 Å². The van der Waals surface area contributed by atoms with Crippen molar-refractivity contribution in [1.82, 2.24) is 9.88 Å². The maximum atomic E-state index is 12.3. The number of carbonyl (C=O) groups excluding carboxylic acids is 1. The fourth-order valence-corrected chi connectivity index (χ4v) is 1.94. The highest BCUT2D eigenvalue weighted by atomic mass is 16.3. The van der Waals surface area contributed by atoms with Gasteiger partial charge in [0.1, 0.15) is 0 Å². The Balaban J connectivity index is 2.21. The summed E-state index contributed by atoms with van der Waals surface area (Å²) < 4.78 is 0. The van der Waals surface area contributed by atoms with Gasteiger partial charge >= 0.3 is 0 Å². The first kappa shape index (κ1) is 13.8. The molecule has 0 saturated heterocycles. The van der Waals surface area contributed by atoms with Gasteiger partial charge in [0.2, 0.25) is 0 Å². The molecule has 1 aromatic carbocycles. The molecule has 102 valence electrons. The highest BCUT2D eigenvalue weighted by Gasteiger charge is 2.25. The molecule has 19 heavy (non-hydrogen) atoms. The van der Waals surface area contributed by atoms with Crippen molar-refractivity contribution >= 4 is 16.7 Å². The number of Topliss-reactive ketones (excluding diaryl/α,β-unsaturated/α-hetero) is 1. The van der Waals surface area contributed by atoms with Gasteiger partial charge in [-0.1, -0.05) is 18.2 Å². The van der Waals surface area contributed by atoms with E-state index in [0.29, 0.717) is 5.56 Å². The fraction of sp³-hybridized carbons (Fsp3) is 0.400. The topological polar surface area (TPSA) is 56.3 Å². The number of benzene rings is 1. The van der Waals surface area contributed by atoms with Crippen molar-refractivity contribution in [3.8, 4) is 0 Å². The Morgan fingerprint density at radius 3 is 2.74 bits per heavy atom. The largest absolute Gasteiger partial charge is 0.394 e. The first-order valence-corrected chi connectivity index (χ1v) is 6.37. The number of ketones is 1. The molecule has 0 saturated carbocycles. The Morgan fingerprint density at radius 1 is 1.37 bits per heavy atom. The second-order valence-corrected chi connectivity index (χ2v) is 5.50. The number of aromatic amines is 1. The van der Waals surface area contributed by atoms with Crippen molar-refractivity contribution in [2.45, 2.75) is 19.4 Å². The minimum atomic E-state index is -0.401. The van der Waals surface area contributed by atoms with E-state index >= 15 is 0 Å². The monoisotopic (exact) mass is 260 g/mol. The Bertz CT molecular complexity index is 587. The lowest BCUT2D eigenvalue weighted by molar-refractivity contribution is 0.0660. The van der Waals surface area contributed by atoms with Gasteiger partial charge in [-0.2, -0.15) is 0 Å². The van der Waals surface area contributed by atoms with E-state index in [-0.39, 0.29) is 18.9 Å². The molecule has 0 amide bonds. The van der Waals surface area contributed by atoms with Gasteiger partial charge in [-0.25, -0.2) is 0 Å². The van der Waals surface area contributed by atoms with Crippen LogP contribution in [0.3, 0.4) is 0 Å². The van der Waals surface area contributed by atoms with E-state index in [4.69, 9.17) is 0 Å². The highest BCUT2D eigenvalue weighted by molar-refractivity contribution is 6.08. The molecule has 0 fully saturated rings. The Morgan fingerprint density at radius 2 is 2.05 bits per heavy atom. The van der Waals surface area contributed by atoms with Gasteiger partial charge in [-0.15, -0.1) is 0 Å². The summed E-state index contributed by atoms with van der Waals surface area (Å²) >= 11 is 0. The van der Waals surface area contributed by atoms with Crippen LogP contribution in [0.4, 0.5) is 0 Å². The van der Waals surface area contributed by atoms with Gasteiger partial charge in [0.15, 0.2) is 5.78 Å². The second kappa shape index (κ2) is 5.15. The van der Waals surface area contributed by atoms with Crippen molar-refractivity contribution in [3.05, 3.63) is 36.0 Å². The summed E-state index contributed by atoms with van der Waals surface area (Å²) in [5.41, 5.74) is 1.27. The van der Waals surface area contributed by atoms with Crippen molar-refractivity contribution in [3.63, 3.8) is 0 Å². The van der Waals surface area contributed by atoms with Crippen LogP contribution in [0.15, 0.2) is 30.5 Å². The Kier molecular flexibility index (Phi) is 3.73. The number of para-hydroxylation sites is 1. The first-order valence-electron chi connectivity index (χ1n) is 6.37. The van der Waals surface area contributed by atoms with Crippen LogP contribution in [0.1, 0.15) is 24.2 Å². The molecule has 0 aliphatic carbocycles. The number of H-pyrrole nitrogens is 1. The van der Waals surface area contributed by atoms with E-state index in [1.54, 1.807) is 6.20 Å². The molecule has 1 aromatic heterocycles. The fourth-order valence-electron chi connectivity index (χ4n) is 1.94. The lowest BCUT2D eigenvalue weighted by Gasteiger charge is -2.33. The smallest absolute Gasteiger partial charge is 0.178 e. The van der Waals surface area contributed by atoms with Crippen LogP contribution < -0.4 is 0 Å². The molecule has 2 rings (SSSR count). The molecule has 4 heteroatoms. The Labute approximate surface area is 113 Å². The van der Waals surface area contributed by atoms with Gasteiger partial charge in [-0.05, 0) is 27.0 Å². The zero-order valence-corrected chi connectivity index (χ0v) is 11.6. The SMILES string of the molecule is CN(CC(=O)c1c[nH]c2ccccc12)C(C)(C)CO. The summed E-state index contributed by atoms with van der Waals surface area (Å²) in [7, 11) is 1.85. The van der Waals surface area contributed by atoms with Gasteiger partial charge in [0, 0.05) is 28.2 Å². The van der Waals surface area contributed by atoms with Crippen LogP contribution >= 0.6 is 0 Å². The summed E-state index contributed by atoms with van der Waals surface area (Å²) in [5, 5.41) is 10.3. The number of nitrogens with zero attached hydrogens (tertiary/aromatic N) is 1. The molecule has 0 aliphatic rings. The zero-order chi connectivity index (χ0) is 14.0. The van der Waals surface area contributed by atoms with Crippen molar-refractivity contribution < 1.29 is 9.90 Å². The van der Waals surface area contributed by atoms with Crippen LogP contribution in [0.25, 0.3) is 10.9 Å². The summed E-state index contributed by atoms with van der Waals surface area (Å²) in [6.07, 6.45) is 1.76. The second-order valence-electron chi connectivity index (χ2n) is 5.50. The quantitative estimate of drug-likeness (QED) is 0.809. The van der Waals surface area contributed by atoms with Gasteiger partial charge < -0.3 is 10.1 Å². The number of nitrogens with one attached hydrogen (secondary N) is 1. The zero-order valence-electron chi connectivity index (χ0n) is 11.6. The molecule has 0 aliphatic heterocycles. The number of aliphatic hydroxyl groups excluding tert-OH is 1. The maximum absolute atomic E-state index is 12.3. The highest BCUT2D eigenvalue weighted by Crippen LogP contribution is 2.19. The third-order valence-corrected chi connectivity index (χ3v) is 3.69. The molecule has 0 unspecified atom stereocenters. The van der Waals surface area contributed by atoms with E-state index in [0.717, 1.165) is 10.9 Å². The molecule has 0 bridgehead atoms. The molecule has 0 atom stereocenters. The van der Waals surface area contributed by atoms with Crippen molar-refractivity contribution in [2.75, 3.05) is 20.2 Å². The molecule has 0 spiro atoms. The average Bonchev–Trinajstić information content (AvgIpc) is 2.82. The number of rotatable bonds is 5. The predicted octanol–water partition coefficient (Wildman–Crippen LogP) is 2.05. The normalized spacial score (nSPS) is 12.3. The Hall–Kier alpha value is -1.65. The molecule has 0 radical (unpaired) electrons. The number of aromatic nitrogens is 1. The summed E-state index contributed by atoms with van der Waals surface area (Å²) in [6.45, 7) is 4.13. The lowest BCUT2D eigenvalue weighted by atomic mass is 10.0. The average molecular weight is 260 g/mol. The van der Waals surface area contributed by atoms with Crippen LogP contribution in [-0.4, -0.2) is 46.5 Å². The molecule has 4 nitrogen and oxygen atoms in total. The number of fused-ring (bicyclic) bond motifs is 1. The standard InChI is InChI=1S/C15H20N2O2/c1-15(2,10-18)17(3)9-14(19)12-8-16-13-7-5-4-6-11(12)13/h4-8,16,18H,9-10H2,1-3H3. The van der Waals surface area contributed by atoms with E-state index < -0.39 is 5.54 Å². The predicted molar refractivity (Wildman–Crippen MR) is 76.4 cm³/mol. The van der Waals surface area contributed by atoms with Crippen LogP contribution in [0.5, 0.6) is 0 Å². The van der Waals surface area contributed by atoms with Gasteiger partial charge in [0.05, 0.1) is 13.2 Å². The first-order chi connectivity index (χ1) is 8.95. The van der Waals surface area contributed by atoms with Gasteiger partial charge in [0.25, 0.3) is 0 Å². The van der Waals surface area contributed by atoms with E-state index in [9.17, 15) is 9.90 Å². The van der Waals surface area contributed by atoms with E-state index in [2.05, 4.69) is 4.98 Å². The number of likely N-dealkylation sites (N-methyl/N-ethyl adjacent to an activating group) is 1. The lowest BCUT2D eigenvalue weighted by Crippen LogP contribution is -2.46. The summed E-state index contributed by atoms with van der Waals surface area (Å²) in [4.78, 5) is 17.3. The number of hydrogen-bond donors (Lipinski definition) is 2.